The number of aromatic amines is 1. The van der Waals surface area contributed by atoms with Crippen LogP contribution in [0.5, 0.6) is 0 Å². The highest BCUT2D eigenvalue weighted by atomic mass is 16.2. The van der Waals surface area contributed by atoms with E-state index in [-0.39, 0.29) is 23.7 Å². The van der Waals surface area contributed by atoms with Crippen LogP contribution >= 0.6 is 0 Å². The predicted octanol–water partition coefficient (Wildman–Crippen LogP) is 1.14. The minimum atomic E-state index is -0.407. The maximum atomic E-state index is 12.6. The first kappa shape index (κ1) is 20.0. The number of hydrogen-bond acceptors (Lipinski definition) is 7. The monoisotopic (exact) mass is 420 g/mol. The molecule has 0 aromatic carbocycles. The lowest BCUT2D eigenvalue weighted by Gasteiger charge is -2.07. The van der Waals surface area contributed by atoms with Crippen LogP contribution in [0.25, 0.3) is 22.6 Å². The van der Waals surface area contributed by atoms with Crippen LogP contribution in [0, 0.1) is 0 Å². The van der Waals surface area contributed by atoms with Crippen molar-refractivity contribution in [3.8, 4) is 11.4 Å². The van der Waals surface area contributed by atoms with Crippen molar-refractivity contribution in [1.82, 2.24) is 34.5 Å². The fourth-order valence-electron chi connectivity index (χ4n) is 3.17. The Balaban J connectivity index is 1.59. The molecule has 3 N–H and O–H groups in total. The van der Waals surface area contributed by atoms with Gasteiger partial charge in [0, 0.05) is 37.2 Å². The standard InChI is InChI=1S/C20H20N8O3/c1-3-27-17-15(19(30)28(4-2)20(27)31)23-16(24-17)12-7-8-14(22-11-12)25-26-18(29)13-6-5-9-21-10-13/h5-11H,3-4H2,1-2H3,(H,22,25)(H,23,24)(H,26,29). The van der Waals surface area contributed by atoms with E-state index in [1.165, 1.54) is 15.3 Å². The van der Waals surface area contributed by atoms with Crippen molar-refractivity contribution in [3.05, 3.63) is 69.3 Å². The average molecular weight is 420 g/mol. The van der Waals surface area contributed by atoms with E-state index in [9.17, 15) is 14.4 Å². The molecule has 0 radical (unpaired) electrons. The summed E-state index contributed by atoms with van der Waals surface area (Å²) in [4.78, 5) is 52.8. The fraction of sp³-hybridized carbons (Fsp3) is 0.200. The zero-order valence-corrected chi connectivity index (χ0v) is 16.9. The smallest absolute Gasteiger partial charge is 0.332 e. The summed E-state index contributed by atoms with van der Waals surface area (Å²) in [6, 6.07) is 6.70. The molecule has 0 saturated heterocycles. The van der Waals surface area contributed by atoms with E-state index < -0.39 is 5.56 Å². The minimum absolute atomic E-state index is 0.268. The Bertz CT molecular complexity index is 1350. The van der Waals surface area contributed by atoms with E-state index >= 15 is 0 Å². The Hall–Kier alpha value is -4.28. The molecule has 11 nitrogen and oxygen atoms in total. The number of nitrogens with zero attached hydrogens (tertiary/aromatic N) is 5. The molecule has 0 spiro atoms. The number of carbonyl (C=O) groups excluding carboxylic acids is 1. The van der Waals surface area contributed by atoms with Gasteiger partial charge in [-0.2, -0.15) is 0 Å². The molecule has 4 rings (SSSR count). The summed E-state index contributed by atoms with van der Waals surface area (Å²) in [6.07, 6.45) is 4.58. The Kier molecular flexibility index (Phi) is 5.31. The molecule has 4 aromatic rings. The zero-order valence-electron chi connectivity index (χ0n) is 16.9. The molecule has 0 fully saturated rings. The first-order valence-corrected chi connectivity index (χ1v) is 9.69. The molecule has 1 amide bonds. The lowest BCUT2D eigenvalue weighted by molar-refractivity contribution is 0.0962. The Morgan fingerprint density at radius 1 is 1.10 bits per heavy atom. The predicted molar refractivity (Wildman–Crippen MR) is 115 cm³/mol. The van der Waals surface area contributed by atoms with Crippen LogP contribution in [-0.4, -0.2) is 35.0 Å². The zero-order chi connectivity index (χ0) is 22.0. The van der Waals surface area contributed by atoms with Crippen molar-refractivity contribution in [1.29, 1.82) is 0 Å². The lowest BCUT2D eigenvalue weighted by Crippen LogP contribution is -2.39. The number of aromatic nitrogens is 6. The van der Waals surface area contributed by atoms with Crippen LogP contribution in [0.2, 0.25) is 0 Å². The molecule has 4 heterocycles. The van der Waals surface area contributed by atoms with Gasteiger partial charge in [-0.05, 0) is 38.1 Å². The number of hydrogen-bond donors (Lipinski definition) is 3. The number of aryl methyl sites for hydroxylation is 1. The number of carbonyl (C=O) groups is 1. The van der Waals surface area contributed by atoms with Gasteiger partial charge < -0.3 is 4.98 Å². The van der Waals surface area contributed by atoms with Crippen LogP contribution in [0.15, 0.2) is 52.4 Å². The van der Waals surface area contributed by atoms with Crippen molar-refractivity contribution in [2.45, 2.75) is 26.9 Å². The number of anilines is 1. The normalized spacial score (nSPS) is 10.9. The number of fused-ring (bicyclic) bond motifs is 1. The average Bonchev–Trinajstić information content (AvgIpc) is 3.24. The van der Waals surface area contributed by atoms with Gasteiger partial charge in [0.15, 0.2) is 5.65 Å². The highest BCUT2D eigenvalue weighted by Gasteiger charge is 2.16. The largest absolute Gasteiger partial charge is 0.332 e. The Morgan fingerprint density at radius 2 is 1.90 bits per heavy atom. The van der Waals surface area contributed by atoms with E-state index in [0.717, 1.165) is 0 Å². The van der Waals surface area contributed by atoms with Gasteiger partial charge in [-0.15, -0.1) is 0 Å². The molecule has 0 aliphatic rings. The van der Waals surface area contributed by atoms with Gasteiger partial charge in [-0.1, -0.05) is 0 Å². The molecular formula is C20H20N8O3. The second-order valence-electron chi connectivity index (χ2n) is 6.61. The number of imidazole rings is 1. The highest BCUT2D eigenvalue weighted by Crippen LogP contribution is 2.18. The number of nitrogens with one attached hydrogen (secondary N) is 3. The quantitative estimate of drug-likeness (QED) is 0.397. The van der Waals surface area contributed by atoms with Crippen molar-refractivity contribution in [3.63, 3.8) is 0 Å². The third-order valence-corrected chi connectivity index (χ3v) is 4.76. The molecule has 0 bridgehead atoms. The number of H-pyrrole nitrogens is 1. The highest BCUT2D eigenvalue weighted by molar-refractivity contribution is 5.94. The van der Waals surface area contributed by atoms with Crippen molar-refractivity contribution in [2.75, 3.05) is 5.43 Å². The summed E-state index contributed by atoms with van der Waals surface area (Å²) in [5, 5.41) is 0. The molecule has 0 saturated carbocycles. The van der Waals surface area contributed by atoms with E-state index in [4.69, 9.17) is 0 Å². The van der Waals surface area contributed by atoms with Gasteiger partial charge in [0.1, 0.15) is 17.2 Å². The third kappa shape index (κ3) is 3.68. The van der Waals surface area contributed by atoms with Crippen LogP contribution in [0.3, 0.4) is 0 Å². The third-order valence-electron chi connectivity index (χ3n) is 4.76. The van der Waals surface area contributed by atoms with Gasteiger partial charge in [-0.25, -0.2) is 14.8 Å². The van der Waals surface area contributed by atoms with Gasteiger partial charge in [0.05, 0.1) is 5.56 Å². The van der Waals surface area contributed by atoms with Crippen molar-refractivity contribution < 1.29 is 4.79 Å². The molecule has 0 atom stereocenters. The lowest BCUT2D eigenvalue weighted by atomic mass is 10.2. The molecule has 31 heavy (non-hydrogen) atoms. The summed E-state index contributed by atoms with van der Waals surface area (Å²) in [6.45, 7) is 4.22. The number of hydrazine groups is 1. The first-order valence-electron chi connectivity index (χ1n) is 9.69. The Morgan fingerprint density at radius 3 is 2.55 bits per heavy atom. The van der Waals surface area contributed by atoms with E-state index in [0.29, 0.717) is 35.0 Å². The van der Waals surface area contributed by atoms with Gasteiger partial charge in [-0.3, -0.25) is 34.6 Å². The van der Waals surface area contributed by atoms with Crippen molar-refractivity contribution in [2.24, 2.45) is 0 Å². The summed E-state index contributed by atoms with van der Waals surface area (Å²) < 4.78 is 2.63. The second-order valence-corrected chi connectivity index (χ2v) is 6.61. The SMILES string of the molecule is CCn1c(=O)c2[nH]c(-c3ccc(NNC(=O)c4cccnc4)nc3)nc2n(CC)c1=O. The number of amides is 1. The summed E-state index contributed by atoms with van der Waals surface area (Å²) in [7, 11) is 0. The van der Waals surface area contributed by atoms with E-state index in [2.05, 4.69) is 30.8 Å². The number of pyridine rings is 2. The maximum absolute atomic E-state index is 12.6. The second kappa shape index (κ2) is 8.22. The van der Waals surface area contributed by atoms with Crippen LogP contribution < -0.4 is 22.1 Å². The van der Waals surface area contributed by atoms with E-state index in [1.807, 2.05) is 6.92 Å². The van der Waals surface area contributed by atoms with Gasteiger partial charge in [0.2, 0.25) is 0 Å². The molecule has 0 unspecified atom stereocenters. The molecule has 11 heteroatoms. The molecular weight excluding hydrogens is 400 g/mol. The first-order chi connectivity index (χ1) is 15.0. The minimum Gasteiger partial charge on any atom is -0.332 e. The van der Waals surface area contributed by atoms with Crippen LogP contribution in [-0.2, 0) is 13.1 Å². The summed E-state index contributed by atoms with van der Waals surface area (Å²) in [5.41, 5.74) is 6.09. The fourth-order valence-corrected chi connectivity index (χ4v) is 3.17. The van der Waals surface area contributed by atoms with Gasteiger partial charge >= 0.3 is 5.69 Å². The van der Waals surface area contributed by atoms with Crippen LogP contribution in [0.4, 0.5) is 5.82 Å². The topological polar surface area (TPSA) is 140 Å². The molecule has 158 valence electrons. The molecule has 0 aliphatic heterocycles. The molecule has 4 aromatic heterocycles. The molecule has 0 aliphatic carbocycles. The van der Waals surface area contributed by atoms with Crippen molar-refractivity contribution >= 4 is 22.9 Å². The maximum Gasteiger partial charge on any atom is 0.332 e. The van der Waals surface area contributed by atoms with Crippen LogP contribution in [0.1, 0.15) is 24.2 Å². The van der Waals surface area contributed by atoms with Gasteiger partial charge in [0.25, 0.3) is 11.5 Å². The van der Waals surface area contributed by atoms with E-state index in [1.54, 1.807) is 43.6 Å². The summed E-state index contributed by atoms with van der Waals surface area (Å²) in [5.74, 6) is 0.484. The Labute approximate surface area is 175 Å². The number of rotatable bonds is 6. The summed E-state index contributed by atoms with van der Waals surface area (Å²) >= 11 is 0.